The van der Waals surface area contributed by atoms with Crippen LogP contribution in [0, 0.1) is 24.7 Å². The van der Waals surface area contributed by atoms with Gasteiger partial charge in [0.25, 0.3) is 0 Å². The number of ether oxygens (including phenoxy) is 1. The molecule has 2 fully saturated rings. The summed E-state index contributed by atoms with van der Waals surface area (Å²) >= 11 is 0. The van der Waals surface area contributed by atoms with E-state index in [0.29, 0.717) is 30.4 Å². The van der Waals surface area contributed by atoms with Gasteiger partial charge in [-0.25, -0.2) is 14.6 Å². The highest BCUT2D eigenvalue weighted by Gasteiger charge is 2.40. The van der Waals surface area contributed by atoms with Gasteiger partial charge in [0, 0.05) is 36.6 Å². The molecule has 2 bridgehead atoms. The summed E-state index contributed by atoms with van der Waals surface area (Å²) in [6.07, 6.45) is 7.42. The predicted octanol–water partition coefficient (Wildman–Crippen LogP) is 6.13. The number of nitrogens with one attached hydrogen (secondary N) is 3. The molecule has 0 radical (unpaired) electrons. The third-order valence-electron chi connectivity index (χ3n) is 9.62. The van der Waals surface area contributed by atoms with Crippen LogP contribution in [0.4, 0.5) is 4.79 Å². The fourth-order valence-electron chi connectivity index (χ4n) is 7.32. The Morgan fingerprint density at radius 3 is 2.51 bits per heavy atom. The number of amides is 3. The number of urea groups is 1. The quantitative estimate of drug-likeness (QED) is 0.160. The molecule has 10 heteroatoms. The normalized spacial score (nSPS) is 19.9. The van der Waals surface area contributed by atoms with Gasteiger partial charge in [0.15, 0.2) is 5.69 Å². The van der Waals surface area contributed by atoms with Crippen molar-refractivity contribution in [1.82, 2.24) is 25.5 Å². The van der Waals surface area contributed by atoms with E-state index in [-0.39, 0.29) is 42.1 Å². The topological polar surface area (TPSA) is 127 Å². The van der Waals surface area contributed by atoms with Gasteiger partial charge >= 0.3 is 12.0 Å². The van der Waals surface area contributed by atoms with Gasteiger partial charge in [0.05, 0.1) is 0 Å². The van der Waals surface area contributed by atoms with E-state index in [0.717, 1.165) is 34.9 Å². The van der Waals surface area contributed by atoms with Crippen molar-refractivity contribution in [2.75, 3.05) is 0 Å². The van der Waals surface area contributed by atoms with Gasteiger partial charge in [0.2, 0.25) is 11.8 Å². The van der Waals surface area contributed by atoms with E-state index >= 15 is 0 Å². The number of aromatic nitrogens is 2. The smallest absolute Gasteiger partial charge is 0.360 e. The summed E-state index contributed by atoms with van der Waals surface area (Å²) in [5.74, 6) is 0.932. The third-order valence-corrected chi connectivity index (χ3v) is 9.62. The number of para-hydroxylation sites is 1. The number of fused-ring (bicyclic) bond motifs is 3. The van der Waals surface area contributed by atoms with Crippen molar-refractivity contribution in [2.24, 2.45) is 24.8 Å². The fraction of sp³-hybridized carbons (Fsp3) is 0.459. The lowest BCUT2D eigenvalue weighted by Crippen LogP contribution is -2.53. The van der Waals surface area contributed by atoms with Crippen LogP contribution in [0.2, 0.25) is 0 Å². The molecule has 0 spiro atoms. The summed E-state index contributed by atoms with van der Waals surface area (Å²) in [5.41, 5.74) is 2.96. The maximum atomic E-state index is 14.0. The molecule has 2 aliphatic carbocycles. The van der Waals surface area contributed by atoms with Gasteiger partial charge in [-0.2, -0.15) is 0 Å². The van der Waals surface area contributed by atoms with Gasteiger partial charge in [0.1, 0.15) is 24.5 Å². The third kappa shape index (κ3) is 7.53. The summed E-state index contributed by atoms with van der Waals surface area (Å²) < 4.78 is 13.6. The van der Waals surface area contributed by atoms with Crippen molar-refractivity contribution >= 4 is 28.8 Å². The SMILES string of the molecule is Cc1oc([C@@H](Cc2cn(C)c3ccccc23)NC(=O)[C@H](CC(C)C)NC(=O)NC2CC3CCC2C3)nc1C(=O)OCc1ccccc1. The molecule has 0 saturated heterocycles. The molecule has 47 heavy (non-hydrogen) atoms. The minimum atomic E-state index is -0.769. The minimum Gasteiger partial charge on any atom is -0.456 e. The molecule has 5 atom stereocenters. The first kappa shape index (κ1) is 32.3. The van der Waals surface area contributed by atoms with Crippen molar-refractivity contribution in [3.8, 4) is 0 Å². The lowest BCUT2D eigenvalue weighted by Gasteiger charge is -2.26. The van der Waals surface area contributed by atoms with E-state index in [9.17, 15) is 14.4 Å². The number of oxazole rings is 1. The lowest BCUT2D eigenvalue weighted by molar-refractivity contribution is -0.124. The largest absolute Gasteiger partial charge is 0.456 e. The number of hydrogen-bond donors (Lipinski definition) is 3. The Kier molecular flexibility index (Phi) is 9.66. The van der Waals surface area contributed by atoms with Crippen molar-refractivity contribution < 1.29 is 23.5 Å². The number of benzene rings is 2. The zero-order chi connectivity index (χ0) is 33.1. The van der Waals surface area contributed by atoms with E-state index in [1.54, 1.807) is 6.92 Å². The molecule has 3 N–H and O–H groups in total. The van der Waals surface area contributed by atoms with Crippen LogP contribution in [0.15, 0.2) is 65.2 Å². The zero-order valence-corrected chi connectivity index (χ0v) is 27.6. The summed E-state index contributed by atoms with van der Waals surface area (Å²) in [6.45, 7) is 5.81. The number of carbonyl (C=O) groups is 3. The Morgan fingerprint density at radius 1 is 1.02 bits per heavy atom. The Morgan fingerprint density at radius 2 is 1.79 bits per heavy atom. The molecule has 2 aromatic carbocycles. The molecule has 6 rings (SSSR count). The van der Waals surface area contributed by atoms with Crippen LogP contribution < -0.4 is 16.0 Å². The van der Waals surface area contributed by atoms with Crippen molar-refractivity contribution in [3.63, 3.8) is 0 Å². The highest BCUT2D eigenvalue weighted by molar-refractivity contribution is 5.89. The molecule has 2 heterocycles. The highest BCUT2D eigenvalue weighted by Crippen LogP contribution is 2.44. The number of carbonyl (C=O) groups excluding carboxylic acids is 3. The number of esters is 1. The van der Waals surface area contributed by atoms with Crippen LogP contribution >= 0.6 is 0 Å². The molecule has 2 aromatic heterocycles. The van der Waals surface area contributed by atoms with Gasteiger partial charge in [-0.1, -0.05) is 68.8 Å². The molecule has 248 valence electrons. The first-order chi connectivity index (χ1) is 22.6. The Labute approximate surface area is 275 Å². The van der Waals surface area contributed by atoms with Gasteiger partial charge < -0.3 is 29.7 Å². The number of aryl methyl sites for hydroxylation is 2. The molecular weight excluding hydrogens is 594 g/mol. The van der Waals surface area contributed by atoms with Crippen molar-refractivity contribution in [3.05, 3.63) is 89.3 Å². The van der Waals surface area contributed by atoms with Crippen LogP contribution in [0.25, 0.3) is 10.9 Å². The molecule has 3 unspecified atom stereocenters. The molecule has 2 saturated carbocycles. The van der Waals surface area contributed by atoms with Crippen LogP contribution in [0.3, 0.4) is 0 Å². The van der Waals surface area contributed by atoms with Crippen LogP contribution in [0.1, 0.15) is 85.3 Å². The summed E-state index contributed by atoms with van der Waals surface area (Å²) in [7, 11) is 1.98. The molecule has 4 aromatic rings. The summed E-state index contributed by atoms with van der Waals surface area (Å²) in [4.78, 5) is 44.8. The zero-order valence-electron chi connectivity index (χ0n) is 27.6. The Hall–Kier alpha value is -4.60. The monoisotopic (exact) mass is 639 g/mol. The molecule has 3 amide bonds. The summed E-state index contributed by atoms with van der Waals surface area (Å²) in [6, 6.07) is 15.8. The maximum Gasteiger partial charge on any atom is 0.360 e. The van der Waals surface area contributed by atoms with Crippen LogP contribution in [0.5, 0.6) is 0 Å². The maximum absolute atomic E-state index is 14.0. The molecule has 0 aliphatic heterocycles. The van der Waals surface area contributed by atoms with Crippen molar-refractivity contribution in [1.29, 1.82) is 0 Å². The second-order valence-electron chi connectivity index (χ2n) is 13.6. The van der Waals surface area contributed by atoms with Gasteiger partial charge in [-0.3, -0.25) is 4.79 Å². The average Bonchev–Trinajstić information content (AvgIpc) is 3.84. The minimum absolute atomic E-state index is 0.0650. The average molecular weight is 640 g/mol. The Bertz CT molecular complexity index is 1730. The first-order valence-corrected chi connectivity index (χ1v) is 16.7. The second-order valence-corrected chi connectivity index (χ2v) is 13.6. The van der Waals surface area contributed by atoms with E-state index in [4.69, 9.17) is 9.15 Å². The van der Waals surface area contributed by atoms with Crippen molar-refractivity contribution in [2.45, 2.75) is 84.0 Å². The van der Waals surface area contributed by atoms with E-state index in [1.165, 1.54) is 12.8 Å². The fourth-order valence-corrected chi connectivity index (χ4v) is 7.32. The summed E-state index contributed by atoms with van der Waals surface area (Å²) in [5, 5.41) is 10.3. The molecular formula is C37H45N5O5. The number of rotatable bonds is 12. The second kappa shape index (κ2) is 14.0. The van der Waals surface area contributed by atoms with Crippen LogP contribution in [-0.4, -0.2) is 39.5 Å². The first-order valence-electron chi connectivity index (χ1n) is 16.7. The number of hydrogen-bond acceptors (Lipinski definition) is 6. The lowest BCUT2D eigenvalue weighted by atomic mass is 9.95. The standard InChI is InChI=1S/C37H45N5O5/c1-22(2)16-30(40-37(45)39-29-18-25-14-15-26(29)17-25)34(43)38-31(19-27-20-42(4)32-13-9-8-12-28(27)32)35-41-33(23(3)47-35)36(44)46-21-24-10-6-5-7-11-24/h5-13,20,22,25-26,29-31H,14-19,21H2,1-4H3,(H,38,43)(H2,39,40,45)/t25?,26?,29?,30-,31+/m0/s1. The Balaban J connectivity index is 1.23. The van der Waals surface area contributed by atoms with E-state index in [2.05, 4.69) is 20.9 Å². The van der Waals surface area contributed by atoms with E-state index < -0.39 is 18.1 Å². The predicted molar refractivity (Wildman–Crippen MR) is 178 cm³/mol. The van der Waals surface area contributed by atoms with Crippen LogP contribution in [-0.2, 0) is 29.6 Å². The van der Waals surface area contributed by atoms with E-state index in [1.807, 2.05) is 86.3 Å². The molecule has 2 aliphatic rings. The van der Waals surface area contributed by atoms with Gasteiger partial charge in [-0.05, 0) is 67.6 Å². The number of nitrogens with zero attached hydrogens (tertiary/aromatic N) is 2. The highest BCUT2D eigenvalue weighted by atomic mass is 16.5. The molecule has 10 nitrogen and oxygen atoms in total. The van der Waals surface area contributed by atoms with Gasteiger partial charge in [-0.15, -0.1) is 0 Å².